The van der Waals surface area contributed by atoms with Crippen LogP contribution in [-0.2, 0) is 9.59 Å². The zero-order chi connectivity index (χ0) is 16.1. The Labute approximate surface area is 129 Å². The van der Waals surface area contributed by atoms with Gasteiger partial charge in [-0.1, -0.05) is 25.5 Å². The lowest BCUT2D eigenvalue weighted by molar-refractivity contribution is -0.146. The predicted molar refractivity (Wildman–Crippen MR) is 81.0 cm³/mol. The summed E-state index contributed by atoms with van der Waals surface area (Å²) in [6.45, 7) is 1.95. The molecule has 4 N–H and O–H groups in total. The molecule has 0 heterocycles. The lowest BCUT2D eigenvalue weighted by Gasteiger charge is -2.56. The molecule has 0 amide bonds. The van der Waals surface area contributed by atoms with Crippen LogP contribution in [0.5, 0.6) is 0 Å². The first-order chi connectivity index (χ1) is 10.4. The van der Waals surface area contributed by atoms with E-state index < -0.39 is 22.8 Å². The number of hydrogen-bond donors (Lipinski definition) is 3. The van der Waals surface area contributed by atoms with Crippen LogP contribution in [0, 0.1) is 5.41 Å². The molecule has 0 saturated heterocycles. The minimum absolute atomic E-state index is 0.0360. The molecule has 5 heteroatoms. The lowest BCUT2D eigenvalue weighted by atomic mass is 9.50. The molecule has 3 atom stereocenters. The Morgan fingerprint density at radius 1 is 1.36 bits per heavy atom. The third-order valence-electron chi connectivity index (χ3n) is 5.35. The van der Waals surface area contributed by atoms with Gasteiger partial charge in [-0.2, -0.15) is 0 Å². The van der Waals surface area contributed by atoms with E-state index in [-0.39, 0.29) is 30.8 Å². The van der Waals surface area contributed by atoms with E-state index in [2.05, 4.69) is 0 Å². The molecule has 3 rings (SSSR count). The van der Waals surface area contributed by atoms with Gasteiger partial charge in [-0.05, 0) is 24.5 Å². The highest BCUT2D eigenvalue weighted by Crippen LogP contribution is 2.58. The first-order valence-electron chi connectivity index (χ1n) is 7.74. The van der Waals surface area contributed by atoms with Crippen LogP contribution in [-0.4, -0.2) is 33.4 Å². The Morgan fingerprint density at radius 3 is 2.77 bits per heavy atom. The van der Waals surface area contributed by atoms with Crippen LogP contribution in [0.2, 0.25) is 0 Å². The Morgan fingerprint density at radius 2 is 2.09 bits per heavy atom. The van der Waals surface area contributed by atoms with E-state index in [1.807, 2.05) is 6.92 Å². The SMILES string of the molecule is CCC[C@]12CC(=O)CC[C@@]1(O)[C@H](N)C=C1C=CC(=O)C(O)=C12. The maximum Gasteiger partial charge on any atom is 0.220 e. The maximum atomic E-state index is 12.1. The molecule has 0 aromatic rings. The zero-order valence-electron chi connectivity index (χ0n) is 12.6. The minimum Gasteiger partial charge on any atom is -0.504 e. The molecule has 5 nitrogen and oxygen atoms in total. The first-order valence-corrected chi connectivity index (χ1v) is 7.74. The second-order valence-electron chi connectivity index (χ2n) is 6.54. The van der Waals surface area contributed by atoms with Gasteiger partial charge in [-0.15, -0.1) is 0 Å². The number of carbonyl (C=O) groups excluding carboxylic acids is 2. The number of hydrogen-bond acceptors (Lipinski definition) is 5. The number of aliphatic hydroxyl groups excluding tert-OH is 1. The Balaban J connectivity index is 2.30. The van der Waals surface area contributed by atoms with Gasteiger partial charge < -0.3 is 15.9 Å². The fourth-order valence-electron chi connectivity index (χ4n) is 4.36. The molecule has 1 fully saturated rings. The average Bonchev–Trinajstić information content (AvgIpc) is 2.46. The summed E-state index contributed by atoms with van der Waals surface area (Å²) in [5.41, 5.74) is 4.97. The van der Waals surface area contributed by atoms with Crippen molar-refractivity contribution in [1.82, 2.24) is 0 Å². The molecule has 0 aliphatic heterocycles. The van der Waals surface area contributed by atoms with Crippen molar-refractivity contribution in [2.24, 2.45) is 11.1 Å². The molecular formula is C17H21NO4. The van der Waals surface area contributed by atoms with E-state index in [0.29, 0.717) is 24.0 Å². The number of carbonyl (C=O) groups is 2. The number of allylic oxidation sites excluding steroid dienone is 3. The topological polar surface area (TPSA) is 101 Å². The van der Waals surface area contributed by atoms with Crippen LogP contribution in [0.3, 0.4) is 0 Å². The molecule has 1 saturated carbocycles. The third kappa shape index (κ3) is 1.79. The predicted octanol–water partition coefficient (Wildman–Crippen LogP) is 1.48. The van der Waals surface area contributed by atoms with Gasteiger partial charge in [0.15, 0.2) is 5.76 Å². The largest absolute Gasteiger partial charge is 0.504 e. The highest BCUT2D eigenvalue weighted by Gasteiger charge is 2.61. The van der Waals surface area contributed by atoms with Crippen molar-refractivity contribution in [3.8, 4) is 0 Å². The number of nitrogens with two attached hydrogens (primary N) is 1. The maximum absolute atomic E-state index is 12.1. The number of fused-ring (bicyclic) bond motifs is 3. The van der Waals surface area contributed by atoms with Gasteiger partial charge >= 0.3 is 0 Å². The average molecular weight is 303 g/mol. The summed E-state index contributed by atoms with van der Waals surface area (Å²) in [6.07, 6.45) is 6.47. The van der Waals surface area contributed by atoms with E-state index in [1.165, 1.54) is 6.08 Å². The van der Waals surface area contributed by atoms with Crippen molar-refractivity contribution >= 4 is 11.6 Å². The number of rotatable bonds is 2. The lowest BCUT2D eigenvalue weighted by Crippen LogP contribution is -2.65. The highest BCUT2D eigenvalue weighted by molar-refractivity contribution is 6.05. The Kier molecular flexibility index (Phi) is 3.38. The van der Waals surface area contributed by atoms with Crippen molar-refractivity contribution in [2.45, 2.75) is 50.7 Å². The van der Waals surface area contributed by atoms with E-state index in [1.54, 1.807) is 12.2 Å². The standard InChI is InChI=1S/C17H21NO4/c1-2-6-16-9-11(19)5-7-17(16,22)13(18)8-10-3-4-12(20)15(21)14(10)16/h3-4,8,13,21-22H,2,5-7,9,18H2,1H3/t13-,16-,17-/m1/s1. The second kappa shape index (κ2) is 4.89. The Bertz CT molecular complexity index is 645. The third-order valence-corrected chi connectivity index (χ3v) is 5.35. The van der Waals surface area contributed by atoms with E-state index in [0.717, 1.165) is 0 Å². The van der Waals surface area contributed by atoms with Gasteiger partial charge in [0, 0.05) is 23.8 Å². The molecule has 0 radical (unpaired) electrons. The fourth-order valence-corrected chi connectivity index (χ4v) is 4.36. The molecular weight excluding hydrogens is 282 g/mol. The van der Waals surface area contributed by atoms with Crippen LogP contribution in [0.4, 0.5) is 0 Å². The molecule has 0 bridgehead atoms. The summed E-state index contributed by atoms with van der Waals surface area (Å²) in [4.78, 5) is 24.0. The van der Waals surface area contributed by atoms with Crippen LogP contribution in [0.1, 0.15) is 39.0 Å². The van der Waals surface area contributed by atoms with Gasteiger partial charge in [0.05, 0.1) is 11.6 Å². The highest BCUT2D eigenvalue weighted by atomic mass is 16.3. The second-order valence-corrected chi connectivity index (χ2v) is 6.54. The van der Waals surface area contributed by atoms with Crippen molar-refractivity contribution < 1.29 is 19.8 Å². The van der Waals surface area contributed by atoms with Crippen LogP contribution in [0.15, 0.2) is 35.1 Å². The van der Waals surface area contributed by atoms with Crippen LogP contribution >= 0.6 is 0 Å². The first kappa shape index (κ1) is 15.2. The van der Waals surface area contributed by atoms with Gasteiger partial charge in [-0.25, -0.2) is 0 Å². The van der Waals surface area contributed by atoms with Crippen molar-refractivity contribution in [3.05, 3.63) is 35.1 Å². The smallest absolute Gasteiger partial charge is 0.220 e. The Hall–Kier alpha value is -1.72. The molecule has 0 unspecified atom stereocenters. The van der Waals surface area contributed by atoms with Gasteiger partial charge in [0.2, 0.25) is 5.78 Å². The molecule has 0 spiro atoms. The summed E-state index contributed by atoms with van der Waals surface area (Å²) in [5.74, 6) is -0.811. The molecule has 0 aromatic carbocycles. The molecule has 118 valence electrons. The van der Waals surface area contributed by atoms with E-state index in [4.69, 9.17) is 5.73 Å². The van der Waals surface area contributed by atoms with Crippen LogP contribution < -0.4 is 5.73 Å². The summed E-state index contributed by atoms with van der Waals surface area (Å²) in [5, 5.41) is 21.7. The summed E-state index contributed by atoms with van der Waals surface area (Å²) in [6, 6.07) is -0.628. The summed E-state index contributed by atoms with van der Waals surface area (Å²) in [7, 11) is 0. The quantitative estimate of drug-likeness (QED) is 0.717. The molecule has 22 heavy (non-hydrogen) atoms. The monoisotopic (exact) mass is 303 g/mol. The summed E-state index contributed by atoms with van der Waals surface area (Å²) < 4.78 is 0. The minimum atomic E-state index is -1.31. The molecule has 3 aliphatic rings. The van der Waals surface area contributed by atoms with E-state index in [9.17, 15) is 19.8 Å². The van der Waals surface area contributed by atoms with E-state index >= 15 is 0 Å². The molecule has 3 aliphatic carbocycles. The number of ketones is 2. The van der Waals surface area contributed by atoms with Gasteiger partial charge in [0.25, 0.3) is 0 Å². The normalized spacial score (nSPS) is 37.8. The van der Waals surface area contributed by atoms with Crippen molar-refractivity contribution in [2.75, 3.05) is 0 Å². The fraction of sp³-hybridized carbons (Fsp3) is 0.529. The number of Topliss-reactive ketones (excluding diaryl/α,β-unsaturated/α-hetero) is 1. The van der Waals surface area contributed by atoms with Gasteiger partial charge in [-0.3, -0.25) is 9.59 Å². The van der Waals surface area contributed by atoms with Gasteiger partial charge in [0.1, 0.15) is 5.78 Å². The number of aliphatic hydroxyl groups is 2. The summed E-state index contributed by atoms with van der Waals surface area (Å²) >= 11 is 0. The van der Waals surface area contributed by atoms with Crippen LogP contribution in [0.25, 0.3) is 0 Å². The molecule has 0 aromatic heterocycles. The zero-order valence-corrected chi connectivity index (χ0v) is 12.6. The van der Waals surface area contributed by atoms with Crippen molar-refractivity contribution in [3.63, 3.8) is 0 Å². The van der Waals surface area contributed by atoms with Crippen molar-refractivity contribution in [1.29, 1.82) is 0 Å².